The van der Waals surface area contributed by atoms with Crippen molar-refractivity contribution in [1.29, 1.82) is 0 Å². The fraction of sp³-hybridized carbons (Fsp3) is 0.409. The van der Waals surface area contributed by atoms with Gasteiger partial charge in [-0.2, -0.15) is 0 Å². The van der Waals surface area contributed by atoms with Gasteiger partial charge >= 0.3 is 0 Å². The molecule has 0 heterocycles. The number of nitrogens with zero attached hydrogens (tertiary/aromatic N) is 1. The molecule has 0 saturated heterocycles. The van der Waals surface area contributed by atoms with Crippen molar-refractivity contribution in [2.45, 2.75) is 46.1 Å². The zero-order valence-electron chi connectivity index (χ0n) is 16.3. The highest BCUT2D eigenvalue weighted by molar-refractivity contribution is 9.10. The molecule has 0 aliphatic carbocycles. The van der Waals surface area contributed by atoms with E-state index in [4.69, 9.17) is 0 Å². The van der Waals surface area contributed by atoms with Crippen molar-refractivity contribution < 1.29 is 4.79 Å². The number of hydrogen-bond acceptors (Lipinski definition) is 2. The summed E-state index contributed by atoms with van der Waals surface area (Å²) in [6.07, 6.45) is 0. The summed E-state index contributed by atoms with van der Waals surface area (Å²) in [6.45, 7) is 9.75. The Morgan fingerprint density at radius 1 is 1.00 bits per heavy atom. The van der Waals surface area contributed by atoms with Gasteiger partial charge in [0.15, 0.2) is 0 Å². The molecule has 0 bridgehead atoms. The molecule has 0 aliphatic heterocycles. The summed E-state index contributed by atoms with van der Waals surface area (Å²) in [5, 5.41) is 3.18. The first-order valence-corrected chi connectivity index (χ1v) is 9.93. The number of carbonyl (C=O) groups is 1. The van der Waals surface area contributed by atoms with E-state index in [9.17, 15) is 4.79 Å². The van der Waals surface area contributed by atoms with Crippen molar-refractivity contribution in [1.82, 2.24) is 4.90 Å². The number of para-hydroxylation sites is 1. The van der Waals surface area contributed by atoms with Crippen LogP contribution >= 0.6 is 15.9 Å². The standard InChI is InChI=1S/C22H29BrN2O/c1-15(2)19-7-6-8-20(16(3)4)22(19)24-21(26)14-25(5)13-17-9-11-18(23)12-10-17/h6-12,15-16H,13-14H2,1-5H3,(H,24,26). The Kier molecular flexibility index (Phi) is 7.42. The molecular formula is C22H29BrN2O. The van der Waals surface area contributed by atoms with Gasteiger partial charge in [0.2, 0.25) is 5.91 Å². The number of benzene rings is 2. The van der Waals surface area contributed by atoms with Gasteiger partial charge in [-0.25, -0.2) is 0 Å². The highest BCUT2D eigenvalue weighted by atomic mass is 79.9. The van der Waals surface area contributed by atoms with E-state index in [1.54, 1.807) is 0 Å². The molecule has 2 aromatic carbocycles. The number of carbonyl (C=O) groups excluding carboxylic acids is 1. The molecule has 0 radical (unpaired) electrons. The van der Waals surface area contributed by atoms with Gasteiger partial charge < -0.3 is 5.32 Å². The number of hydrogen-bond donors (Lipinski definition) is 1. The van der Waals surface area contributed by atoms with Gasteiger partial charge in [0.25, 0.3) is 0 Å². The molecule has 140 valence electrons. The van der Waals surface area contributed by atoms with E-state index >= 15 is 0 Å². The quantitative estimate of drug-likeness (QED) is 0.621. The highest BCUT2D eigenvalue weighted by Gasteiger charge is 2.16. The van der Waals surface area contributed by atoms with Crippen LogP contribution in [-0.2, 0) is 11.3 Å². The lowest BCUT2D eigenvalue weighted by Crippen LogP contribution is -2.30. The largest absolute Gasteiger partial charge is 0.324 e. The van der Waals surface area contributed by atoms with Crippen LogP contribution in [0.4, 0.5) is 5.69 Å². The van der Waals surface area contributed by atoms with Crippen LogP contribution in [0.3, 0.4) is 0 Å². The molecule has 2 rings (SSSR count). The number of nitrogens with one attached hydrogen (secondary N) is 1. The topological polar surface area (TPSA) is 32.3 Å². The molecule has 26 heavy (non-hydrogen) atoms. The fourth-order valence-electron chi connectivity index (χ4n) is 3.08. The molecule has 0 unspecified atom stereocenters. The SMILES string of the molecule is CC(C)c1cccc(C(C)C)c1NC(=O)CN(C)Cc1ccc(Br)cc1. The van der Waals surface area contributed by atoms with Gasteiger partial charge in [-0.1, -0.05) is 74.0 Å². The molecule has 0 aliphatic rings. The molecule has 0 spiro atoms. The van der Waals surface area contributed by atoms with Crippen LogP contribution in [0.2, 0.25) is 0 Å². The van der Waals surface area contributed by atoms with Crippen LogP contribution in [0.1, 0.15) is 56.2 Å². The van der Waals surface area contributed by atoms with Crippen molar-refractivity contribution >= 4 is 27.5 Å². The average molecular weight is 417 g/mol. The van der Waals surface area contributed by atoms with Gasteiger partial charge in [-0.15, -0.1) is 0 Å². The average Bonchev–Trinajstić information content (AvgIpc) is 2.56. The maximum absolute atomic E-state index is 12.7. The second-order valence-corrected chi connectivity index (χ2v) is 8.38. The molecule has 0 aromatic heterocycles. The van der Waals surface area contributed by atoms with Crippen molar-refractivity contribution in [2.24, 2.45) is 0 Å². The van der Waals surface area contributed by atoms with Crippen LogP contribution in [0.15, 0.2) is 46.9 Å². The molecule has 2 aromatic rings. The van der Waals surface area contributed by atoms with E-state index in [1.807, 2.05) is 24.1 Å². The van der Waals surface area contributed by atoms with Crippen LogP contribution < -0.4 is 5.32 Å². The molecule has 4 heteroatoms. The highest BCUT2D eigenvalue weighted by Crippen LogP contribution is 2.32. The van der Waals surface area contributed by atoms with Crippen molar-refractivity contribution in [3.8, 4) is 0 Å². The molecule has 0 atom stereocenters. The lowest BCUT2D eigenvalue weighted by molar-refractivity contribution is -0.117. The third kappa shape index (κ3) is 5.68. The maximum Gasteiger partial charge on any atom is 0.238 e. The number of amides is 1. The molecule has 0 saturated carbocycles. The minimum atomic E-state index is 0.0274. The Bertz CT molecular complexity index is 712. The van der Waals surface area contributed by atoms with E-state index in [1.165, 1.54) is 16.7 Å². The minimum Gasteiger partial charge on any atom is -0.324 e. The van der Waals surface area contributed by atoms with Crippen molar-refractivity contribution in [3.05, 3.63) is 63.6 Å². The zero-order valence-corrected chi connectivity index (χ0v) is 17.9. The Labute approximate surface area is 165 Å². The lowest BCUT2D eigenvalue weighted by Gasteiger charge is -2.22. The minimum absolute atomic E-state index is 0.0274. The van der Waals surface area contributed by atoms with Crippen LogP contribution in [0.5, 0.6) is 0 Å². The molecule has 0 fully saturated rings. The van der Waals surface area contributed by atoms with E-state index in [0.717, 1.165) is 16.7 Å². The summed E-state index contributed by atoms with van der Waals surface area (Å²) in [4.78, 5) is 14.7. The predicted molar refractivity (Wildman–Crippen MR) is 114 cm³/mol. The smallest absolute Gasteiger partial charge is 0.238 e. The van der Waals surface area contributed by atoms with Crippen molar-refractivity contribution in [2.75, 3.05) is 18.9 Å². The Hall–Kier alpha value is -1.65. The third-order valence-corrected chi connectivity index (χ3v) is 4.95. The van der Waals surface area contributed by atoms with Crippen molar-refractivity contribution in [3.63, 3.8) is 0 Å². The zero-order chi connectivity index (χ0) is 19.3. The Morgan fingerprint density at radius 2 is 1.54 bits per heavy atom. The van der Waals surface area contributed by atoms with Gasteiger partial charge in [0, 0.05) is 16.7 Å². The predicted octanol–water partition coefficient (Wildman–Crippen LogP) is 5.77. The van der Waals surface area contributed by atoms with E-state index in [0.29, 0.717) is 18.4 Å². The van der Waals surface area contributed by atoms with Gasteiger partial charge in [0.1, 0.15) is 0 Å². The fourth-order valence-corrected chi connectivity index (χ4v) is 3.34. The number of anilines is 1. The first-order chi connectivity index (χ1) is 12.3. The molecule has 1 amide bonds. The molecular weight excluding hydrogens is 388 g/mol. The summed E-state index contributed by atoms with van der Waals surface area (Å²) < 4.78 is 1.06. The summed E-state index contributed by atoms with van der Waals surface area (Å²) in [6, 6.07) is 14.5. The molecule has 1 N–H and O–H groups in total. The summed E-state index contributed by atoms with van der Waals surface area (Å²) >= 11 is 3.45. The van der Waals surface area contributed by atoms with Crippen LogP contribution in [0, 0.1) is 0 Å². The van der Waals surface area contributed by atoms with Crippen LogP contribution in [0.25, 0.3) is 0 Å². The Morgan fingerprint density at radius 3 is 2.04 bits per heavy atom. The Balaban J connectivity index is 2.08. The number of rotatable bonds is 7. The monoisotopic (exact) mass is 416 g/mol. The summed E-state index contributed by atoms with van der Waals surface area (Å²) in [5.74, 6) is 0.758. The van der Waals surface area contributed by atoms with Crippen LogP contribution in [-0.4, -0.2) is 24.4 Å². The van der Waals surface area contributed by atoms with E-state index < -0.39 is 0 Å². The first-order valence-electron chi connectivity index (χ1n) is 9.13. The molecule has 3 nitrogen and oxygen atoms in total. The second kappa shape index (κ2) is 9.33. The van der Waals surface area contributed by atoms with E-state index in [2.05, 4.69) is 79.3 Å². The van der Waals surface area contributed by atoms with Gasteiger partial charge in [-0.05, 0) is 47.7 Å². The summed E-state index contributed by atoms with van der Waals surface area (Å²) in [7, 11) is 1.97. The lowest BCUT2D eigenvalue weighted by atomic mass is 9.92. The second-order valence-electron chi connectivity index (χ2n) is 7.47. The third-order valence-electron chi connectivity index (χ3n) is 4.42. The van der Waals surface area contributed by atoms with E-state index in [-0.39, 0.29) is 5.91 Å². The summed E-state index contributed by atoms with van der Waals surface area (Å²) in [5.41, 5.74) is 4.56. The normalized spacial score (nSPS) is 11.4. The first kappa shape index (κ1) is 20.7. The number of likely N-dealkylation sites (N-methyl/N-ethyl adjacent to an activating group) is 1. The van der Waals surface area contributed by atoms with Gasteiger partial charge in [0.05, 0.1) is 6.54 Å². The van der Waals surface area contributed by atoms with Gasteiger partial charge in [-0.3, -0.25) is 9.69 Å². The number of halogens is 1. The maximum atomic E-state index is 12.7.